The van der Waals surface area contributed by atoms with Gasteiger partial charge in [-0.3, -0.25) is 4.79 Å². The molecule has 1 aliphatic rings. The van der Waals surface area contributed by atoms with Gasteiger partial charge < -0.3 is 0 Å². The molecule has 3 unspecified atom stereocenters. The van der Waals surface area contributed by atoms with Gasteiger partial charge in [0.05, 0.1) is 0 Å². The molecule has 16 heavy (non-hydrogen) atoms. The summed E-state index contributed by atoms with van der Waals surface area (Å²) in [5.41, 5.74) is 4.85. The van der Waals surface area contributed by atoms with Crippen LogP contribution in [-0.2, 0) is 0 Å². The topological polar surface area (TPSA) is 17.1 Å². The van der Waals surface area contributed by atoms with E-state index >= 15 is 0 Å². The van der Waals surface area contributed by atoms with Crippen LogP contribution in [0.5, 0.6) is 0 Å². The Morgan fingerprint density at radius 2 is 1.56 bits per heavy atom. The van der Waals surface area contributed by atoms with Gasteiger partial charge in [-0.15, -0.1) is 0 Å². The zero-order chi connectivity index (χ0) is 12.0. The van der Waals surface area contributed by atoms with Crippen molar-refractivity contribution >= 4 is 5.78 Å². The Morgan fingerprint density at radius 3 is 2.06 bits per heavy atom. The Kier molecular flexibility index (Phi) is 2.65. The molecule has 1 aromatic rings. The van der Waals surface area contributed by atoms with E-state index in [9.17, 15) is 4.79 Å². The van der Waals surface area contributed by atoms with E-state index in [-0.39, 0.29) is 5.78 Å². The summed E-state index contributed by atoms with van der Waals surface area (Å²) in [6, 6.07) is 4.34. The lowest BCUT2D eigenvalue weighted by Crippen LogP contribution is -2.02. The third-order valence-corrected chi connectivity index (χ3v) is 4.37. The molecule has 0 N–H and O–H groups in total. The molecule has 0 heterocycles. The summed E-state index contributed by atoms with van der Waals surface area (Å²) in [6.45, 7) is 10.6. The van der Waals surface area contributed by atoms with Gasteiger partial charge in [0.15, 0.2) is 5.78 Å². The van der Waals surface area contributed by atoms with Crippen LogP contribution < -0.4 is 0 Å². The molecule has 0 fully saturated rings. The van der Waals surface area contributed by atoms with Crippen LogP contribution in [0.4, 0.5) is 0 Å². The lowest BCUT2D eigenvalue weighted by Gasteiger charge is -2.13. The normalized spacial score (nSPS) is 27.9. The van der Waals surface area contributed by atoms with Gasteiger partial charge in [0.25, 0.3) is 0 Å². The number of fused-ring (bicyclic) bond motifs is 1. The first-order valence-corrected chi connectivity index (χ1v) is 6.08. The molecule has 2 rings (SSSR count). The van der Waals surface area contributed by atoms with Crippen LogP contribution in [0.15, 0.2) is 12.1 Å². The molecule has 0 spiro atoms. The van der Waals surface area contributed by atoms with E-state index in [4.69, 9.17) is 0 Å². The van der Waals surface area contributed by atoms with Gasteiger partial charge in [-0.1, -0.05) is 26.8 Å². The highest BCUT2D eigenvalue weighted by Crippen LogP contribution is 2.46. The van der Waals surface area contributed by atoms with Crippen LogP contribution in [0.1, 0.15) is 66.6 Å². The van der Waals surface area contributed by atoms with Crippen LogP contribution in [0.3, 0.4) is 0 Å². The van der Waals surface area contributed by atoms with Crippen molar-refractivity contribution in [2.45, 2.75) is 46.5 Å². The van der Waals surface area contributed by atoms with Gasteiger partial charge in [0.1, 0.15) is 0 Å². The maximum Gasteiger partial charge on any atom is 0.160 e. The fourth-order valence-electron chi connectivity index (χ4n) is 2.91. The SMILES string of the molecule is CC(=O)c1cc2c(cc1C)C(C)C(C)C2C. The van der Waals surface area contributed by atoms with E-state index in [1.54, 1.807) is 6.92 Å². The minimum Gasteiger partial charge on any atom is -0.295 e. The monoisotopic (exact) mass is 216 g/mol. The molecule has 0 saturated carbocycles. The molecule has 0 aliphatic heterocycles. The maximum atomic E-state index is 11.5. The average molecular weight is 216 g/mol. The maximum absolute atomic E-state index is 11.5. The highest BCUT2D eigenvalue weighted by Gasteiger charge is 2.33. The predicted molar refractivity (Wildman–Crippen MR) is 67.2 cm³/mol. The number of carbonyl (C=O) groups is 1. The number of Topliss-reactive ketones (excluding diaryl/α,β-unsaturated/α-hetero) is 1. The van der Waals surface area contributed by atoms with Gasteiger partial charge in [-0.25, -0.2) is 0 Å². The summed E-state index contributed by atoms with van der Waals surface area (Å²) in [6.07, 6.45) is 0. The molecule has 1 aromatic carbocycles. The standard InChI is InChI=1S/C15H20O/c1-8-6-14-10(3)9(2)11(4)15(14)7-13(8)12(5)16/h6-7,9-11H,1-5H3. The summed E-state index contributed by atoms with van der Waals surface area (Å²) in [7, 11) is 0. The van der Waals surface area contributed by atoms with E-state index in [2.05, 4.69) is 32.9 Å². The summed E-state index contributed by atoms with van der Waals surface area (Å²) in [4.78, 5) is 11.5. The average Bonchev–Trinajstić information content (AvgIpc) is 2.43. The van der Waals surface area contributed by atoms with Gasteiger partial charge in [0, 0.05) is 5.56 Å². The van der Waals surface area contributed by atoms with Crippen molar-refractivity contribution in [3.8, 4) is 0 Å². The number of hydrogen-bond donors (Lipinski definition) is 0. The van der Waals surface area contributed by atoms with E-state index in [0.717, 1.165) is 11.1 Å². The summed E-state index contributed by atoms with van der Waals surface area (Å²) < 4.78 is 0. The van der Waals surface area contributed by atoms with Crippen molar-refractivity contribution in [2.75, 3.05) is 0 Å². The lowest BCUT2D eigenvalue weighted by atomic mass is 9.91. The zero-order valence-electron chi connectivity index (χ0n) is 10.8. The van der Waals surface area contributed by atoms with Crippen LogP contribution in [0.25, 0.3) is 0 Å². The molecule has 3 atom stereocenters. The third kappa shape index (κ3) is 1.50. The first-order valence-electron chi connectivity index (χ1n) is 6.08. The van der Waals surface area contributed by atoms with Crippen LogP contribution >= 0.6 is 0 Å². The summed E-state index contributed by atoms with van der Waals surface area (Å²) >= 11 is 0. The fraction of sp³-hybridized carbons (Fsp3) is 0.533. The van der Waals surface area contributed by atoms with Crippen molar-refractivity contribution in [3.05, 3.63) is 34.4 Å². The zero-order valence-corrected chi connectivity index (χ0v) is 10.8. The van der Waals surface area contributed by atoms with Crippen molar-refractivity contribution in [1.82, 2.24) is 0 Å². The van der Waals surface area contributed by atoms with Gasteiger partial charge >= 0.3 is 0 Å². The molecule has 1 nitrogen and oxygen atoms in total. The van der Waals surface area contributed by atoms with Crippen molar-refractivity contribution < 1.29 is 4.79 Å². The molecule has 0 radical (unpaired) electrons. The van der Waals surface area contributed by atoms with Crippen LogP contribution in [0.2, 0.25) is 0 Å². The number of rotatable bonds is 1. The highest BCUT2D eigenvalue weighted by atomic mass is 16.1. The second-order valence-corrected chi connectivity index (χ2v) is 5.29. The second kappa shape index (κ2) is 3.73. The predicted octanol–water partition coefficient (Wildman–Crippen LogP) is 4.05. The molecule has 0 saturated heterocycles. The number of carbonyl (C=O) groups excluding carboxylic acids is 1. The van der Waals surface area contributed by atoms with Crippen molar-refractivity contribution in [3.63, 3.8) is 0 Å². The van der Waals surface area contributed by atoms with Gasteiger partial charge in [0.2, 0.25) is 0 Å². The Bertz CT molecular complexity index is 445. The molecular weight excluding hydrogens is 196 g/mol. The number of hydrogen-bond acceptors (Lipinski definition) is 1. The summed E-state index contributed by atoms with van der Waals surface area (Å²) in [5.74, 6) is 2.05. The fourth-order valence-corrected chi connectivity index (χ4v) is 2.91. The number of ketones is 1. The molecule has 0 bridgehead atoms. The van der Waals surface area contributed by atoms with E-state index in [1.807, 2.05) is 6.92 Å². The van der Waals surface area contributed by atoms with E-state index in [0.29, 0.717) is 17.8 Å². The summed E-state index contributed by atoms with van der Waals surface area (Å²) in [5, 5.41) is 0. The smallest absolute Gasteiger partial charge is 0.160 e. The Labute approximate surface area is 97.9 Å². The molecule has 86 valence electrons. The first-order chi connectivity index (χ1) is 7.43. The minimum absolute atomic E-state index is 0.180. The molecule has 0 aromatic heterocycles. The Hall–Kier alpha value is -1.11. The Morgan fingerprint density at radius 1 is 1.06 bits per heavy atom. The highest BCUT2D eigenvalue weighted by molar-refractivity contribution is 5.96. The van der Waals surface area contributed by atoms with Crippen molar-refractivity contribution in [1.29, 1.82) is 0 Å². The van der Waals surface area contributed by atoms with Crippen molar-refractivity contribution in [2.24, 2.45) is 5.92 Å². The van der Waals surface area contributed by atoms with E-state index in [1.165, 1.54) is 11.1 Å². The lowest BCUT2D eigenvalue weighted by molar-refractivity contribution is 0.101. The van der Waals surface area contributed by atoms with Crippen LogP contribution in [0, 0.1) is 12.8 Å². The molecule has 0 amide bonds. The Balaban J connectivity index is 2.60. The van der Waals surface area contributed by atoms with Gasteiger partial charge in [-0.05, 0) is 54.4 Å². The molecular formula is C15H20O. The first kappa shape index (κ1) is 11.4. The molecule has 1 heteroatoms. The number of benzene rings is 1. The van der Waals surface area contributed by atoms with Gasteiger partial charge in [-0.2, -0.15) is 0 Å². The minimum atomic E-state index is 0.180. The number of aryl methyl sites for hydroxylation is 1. The quantitative estimate of drug-likeness (QED) is 0.647. The largest absolute Gasteiger partial charge is 0.295 e. The van der Waals surface area contributed by atoms with Crippen LogP contribution in [-0.4, -0.2) is 5.78 Å². The van der Waals surface area contributed by atoms with E-state index < -0.39 is 0 Å². The second-order valence-electron chi connectivity index (χ2n) is 5.29. The third-order valence-electron chi connectivity index (χ3n) is 4.37. The molecule has 1 aliphatic carbocycles.